The molecule has 0 aromatic carbocycles. The highest BCUT2D eigenvalue weighted by molar-refractivity contribution is 5.33. The third-order valence-corrected chi connectivity index (χ3v) is 1.97. The second-order valence-corrected chi connectivity index (χ2v) is 3.13. The summed E-state index contributed by atoms with van der Waals surface area (Å²) in [7, 11) is 0. The average Bonchev–Trinajstić information content (AvgIpc) is 2.25. The summed E-state index contributed by atoms with van der Waals surface area (Å²) in [6, 6.07) is 1.44. The Bertz CT molecular complexity index is 506. The molecule has 2 rings (SSSR count). The van der Waals surface area contributed by atoms with Gasteiger partial charge in [-0.15, -0.1) is 0 Å². The zero-order chi connectivity index (χ0) is 10.7. The maximum atomic E-state index is 11.1. The summed E-state index contributed by atoms with van der Waals surface area (Å²) in [5.41, 5.74) is 6.40. The molecule has 5 nitrogen and oxygen atoms in total. The number of pyridine rings is 1. The zero-order valence-electron chi connectivity index (χ0n) is 8.00. The number of nitrogen functional groups attached to an aromatic ring is 1. The lowest BCUT2D eigenvalue weighted by molar-refractivity contribution is 0.762. The summed E-state index contributed by atoms with van der Waals surface area (Å²) in [5, 5.41) is 0. The van der Waals surface area contributed by atoms with Gasteiger partial charge in [0, 0.05) is 30.9 Å². The van der Waals surface area contributed by atoms with Gasteiger partial charge in [0.1, 0.15) is 0 Å². The molecular formula is C10H10N4O. The predicted octanol–water partition coefficient (Wildman–Crippen LogP) is 0.269. The standard InChI is InChI=1S/C10H10N4O/c11-9-7-14(4-1-10(9)15)6-8-5-12-2-3-13-8/h1-5,7H,6,11H2. The Morgan fingerprint density at radius 3 is 2.93 bits per heavy atom. The van der Waals surface area contributed by atoms with Crippen molar-refractivity contribution in [1.82, 2.24) is 14.5 Å². The van der Waals surface area contributed by atoms with E-state index in [1.807, 2.05) is 0 Å². The highest BCUT2D eigenvalue weighted by atomic mass is 16.1. The summed E-state index contributed by atoms with van der Waals surface area (Å²) < 4.78 is 1.79. The van der Waals surface area contributed by atoms with Crippen molar-refractivity contribution >= 4 is 5.69 Å². The van der Waals surface area contributed by atoms with Gasteiger partial charge >= 0.3 is 0 Å². The van der Waals surface area contributed by atoms with Crippen molar-refractivity contribution in [2.45, 2.75) is 6.54 Å². The van der Waals surface area contributed by atoms with Gasteiger partial charge in [-0.05, 0) is 0 Å². The van der Waals surface area contributed by atoms with Crippen LogP contribution in [-0.2, 0) is 6.54 Å². The molecule has 0 amide bonds. The second-order valence-electron chi connectivity index (χ2n) is 3.13. The van der Waals surface area contributed by atoms with E-state index in [9.17, 15) is 4.79 Å². The van der Waals surface area contributed by atoms with Crippen LogP contribution in [0.3, 0.4) is 0 Å². The largest absolute Gasteiger partial charge is 0.394 e. The second kappa shape index (κ2) is 3.91. The topological polar surface area (TPSA) is 73.8 Å². The van der Waals surface area contributed by atoms with E-state index >= 15 is 0 Å². The Morgan fingerprint density at radius 1 is 1.40 bits per heavy atom. The quantitative estimate of drug-likeness (QED) is 0.758. The van der Waals surface area contributed by atoms with Crippen LogP contribution in [0.15, 0.2) is 41.8 Å². The van der Waals surface area contributed by atoms with Crippen molar-refractivity contribution in [1.29, 1.82) is 0 Å². The van der Waals surface area contributed by atoms with Gasteiger partial charge in [0.2, 0.25) is 5.43 Å². The van der Waals surface area contributed by atoms with Crippen LogP contribution in [0.2, 0.25) is 0 Å². The third-order valence-electron chi connectivity index (χ3n) is 1.97. The van der Waals surface area contributed by atoms with Gasteiger partial charge in [0.05, 0.1) is 24.1 Å². The van der Waals surface area contributed by atoms with Crippen molar-refractivity contribution in [3.63, 3.8) is 0 Å². The van der Waals surface area contributed by atoms with E-state index in [2.05, 4.69) is 9.97 Å². The number of hydrogen-bond donors (Lipinski definition) is 1. The maximum Gasteiger partial charge on any atom is 0.204 e. The Hall–Kier alpha value is -2.17. The number of nitrogens with zero attached hydrogens (tertiary/aromatic N) is 3. The summed E-state index contributed by atoms with van der Waals surface area (Å²) in [4.78, 5) is 19.1. The molecule has 0 radical (unpaired) electrons. The van der Waals surface area contributed by atoms with E-state index in [1.54, 1.807) is 35.6 Å². The van der Waals surface area contributed by atoms with Gasteiger partial charge in [-0.3, -0.25) is 14.8 Å². The van der Waals surface area contributed by atoms with Gasteiger partial charge in [-0.2, -0.15) is 0 Å². The normalized spacial score (nSPS) is 10.1. The van der Waals surface area contributed by atoms with Crippen LogP contribution >= 0.6 is 0 Å². The van der Waals surface area contributed by atoms with Gasteiger partial charge < -0.3 is 10.3 Å². The van der Waals surface area contributed by atoms with Crippen LogP contribution in [0.4, 0.5) is 5.69 Å². The van der Waals surface area contributed by atoms with Crippen LogP contribution in [-0.4, -0.2) is 14.5 Å². The zero-order valence-corrected chi connectivity index (χ0v) is 8.00. The molecule has 0 saturated carbocycles. The van der Waals surface area contributed by atoms with Gasteiger partial charge in [-0.1, -0.05) is 0 Å². The minimum atomic E-state index is -0.162. The number of rotatable bonds is 2. The molecule has 0 aliphatic carbocycles. The summed E-state index contributed by atoms with van der Waals surface area (Å²) >= 11 is 0. The maximum absolute atomic E-state index is 11.1. The summed E-state index contributed by atoms with van der Waals surface area (Å²) in [5.74, 6) is 0. The molecule has 0 fully saturated rings. The molecule has 15 heavy (non-hydrogen) atoms. The molecule has 2 aromatic rings. The van der Waals surface area contributed by atoms with E-state index in [1.165, 1.54) is 6.07 Å². The minimum absolute atomic E-state index is 0.162. The van der Waals surface area contributed by atoms with Crippen molar-refractivity contribution in [2.75, 3.05) is 5.73 Å². The van der Waals surface area contributed by atoms with Crippen molar-refractivity contribution in [3.05, 3.63) is 53.0 Å². The van der Waals surface area contributed by atoms with Crippen LogP contribution < -0.4 is 11.2 Å². The summed E-state index contributed by atoms with van der Waals surface area (Å²) in [6.45, 7) is 0.554. The molecule has 0 saturated heterocycles. The van der Waals surface area contributed by atoms with E-state index in [4.69, 9.17) is 5.73 Å². The fraction of sp³-hybridized carbons (Fsp3) is 0.100. The lowest BCUT2D eigenvalue weighted by Crippen LogP contribution is -2.11. The first-order valence-electron chi connectivity index (χ1n) is 4.46. The van der Waals surface area contributed by atoms with Crippen LogP contribution in [0, 0.1) is 0 Å². The molecule has 2 aromatic heterocycles. The molecule has 76 valence electrons. The smallest absolute Gasteiger partial charge is 0.204 e. The molecule has 5 heteroatoms. The number of nitrogens with two attached hydrogens (primary N) is 1. The molecule has 0 aliphatic heterocycles. The van der Waals surface area contributed by atoms with Crippen LogP contribution in [0.1, 0.15) is 5.69 Å². The van der Waals surface area contributed by atoms with Gasteiger partial charge in [-0.25, -0.2) is 0 Å². The van der Waals surface area contributed by atoms with Crippen LogP contribution in [0.25, 0.3) is 0 Å². The Morgan fingerprint density at radius 2 is 2.27 bits per heavy atom. The predicted molar refractivity (Wildman–Crippen MR) is 56.2 cm³/mol. The molecule has 0 bridgehead atoms. The minimum Gasteiger partial charge on any atom is -0.394 e. The number of aromatic nitrogens is 3. The third kappa shape index (κ3) is 2.19. The number of anilines is 1. The molecule has 0 unspecified atom stereocenters. The fourth-order valence-corrected chi connectivity index (χ4v) is 1.24. The number of hydrogen-bond acceptors (Lipinski definition) is 4. The average molecular weight is 202 g/mol. The molecule has 2 heterocycles. The highest BCUT2D eigenvalue weighted by Gasteiger charge is 1.97. The van der Waals surface area contributed by atoms with E-state index in [0.717, 1.165) is 5.69 Å². The van der Waals surface area contributed by atoms with Crippen LogP contribution in [0.5, 0.6) is 0 Å². The monoisotopic (exact) mass is 202 g/mol. The first kappa shape index (κ1) is 9.39. The van der Waals surface area contributed by atoms with Crippen molar-refractivity contribution in [2.24, 2.45) is 0 Å². The van der Waals surface area contributed by atoms with Gasteiger partial charge in [0.25, 0.3) is 0 Å². The molecule has 2 N–H and O–H groups in total. The first-order valence-corrected chi connectivity index (χ1v) is 4.46. The molecule has 0 aliphatic rings. The Kier molecular flexibility index (Phi) is 2.45. The first-order chi connectivity index (χ1) is 7.25. The lowest BCUT2D eigenvalue weighted by atomic mass is 10.4. The van der Waals surface area contributed by atoms with Gasteiger partial charge in [0.15, 0.2) is 0 Å². The molecular weight excluding hydrogens is 192 g/mol. The Balaban J connectivity index is 2.26. The molecule has 0 spiro atoms. The fourth-order valence-electron chi connectivity index (χ4n) is 1.24. The van der Waals surface area contributed by atoms with E-state index in [-0.39, 0.29) is 11.1 Å². The summed E-state index contributed by atoms with van der Waals surface area (Å²) in [6.07, 6.45) is 8.18. The van der Waals surface area contributed by atoms with E-state index < -0.39 is 0 Å². The van der Waals surface area contributed by atoms with E-state index in [0.29, 0.717) is 6.54 Å². The lowest BCUT2D eigenvalue weighted by Gasteiger charge is -2.05. The highest BCUT2D eigenvalue weighted by Crippen LogP contribution is 1.98. The van der Waals surface area contributed by atoms with Crippen molar-refractivity contribution < 1.29 is 0 Å². The Labute approximate surface area is 86.2 Å². The SMILES string of the molecule is Nc1cn(Cc2cnccn2)ccc1=O. The molecule has 0 atom stereocenters. The van der Waals surface area contributed by atoms with Crippen molar-refractivity contribution in [3.8, 4) is 0 Å².